The molecule has 0 aliphatic heterocycles. The van der Waals surface area contributed by atoms with E-state index in [0.29, 0.717) is 16.7 Å². The maximum atomic E-state index is 12.1. The highest BCUT2D eigenvalue weighted by atomic mass is 32.2. The molecule has 3 rings (SSSR count). The second-order valence-electron chi connectivity index (χ2n) is 5.82. The summed E-state index contributed by atoms with van der Waals surface area (Å²) in [6.07, 6.45) is 0.291. The predicted molar refractivity (Wildman–Crippen MR) is 91.0 cm³/mol. The number of benzene rings is 2. The van der Waals surface area contributed by atoms with Gasteiger partial charge in [0.15, 0.2) is 0 Å². The predicted octanol–water partition coefficient (Wildman–Crippen LogP) is 2.00. The Labute approximate surface area is 150 Å². The number of fused-ring (bicyclic) bond motifs is 2. The first-order valence-corrected chi connectivity index (χ1v) is 9.11. The monoisotopic (exact) mass is 376 g/mol. The Kier molecular flexibility index (Phi) is 4.55. The Morgan fingerprint density at radius 2 is 1.50 bits per heavy atom. The second kappa shape index (κ2) is 6.54. The zero-order chi connectivity index (χ0) is 19.1. The van der Waals surface area contributed by atoms with Crippen LogP contribution in [-0.4, -0.2) is 39.1 Å². The fourth-order valence-electron chi connectivity index (χ4n) is 3.29. The number of carbonyl (C=O) groups is 2. The van der Waals surface area contributed by atoms with Gasteiger partial charge in [0.1, 0.15) is 0 Å². The lowest BCUT2D eigenvalue weighted by Gasteiger charge is -2.25. The summed E-state index contributed by atoms with van der Waals surface area (Å²) < 4.78 is 42.7. The van der Waals surface area contributed by atoms with Crippen molar-refractivity contribution >= 4 is 22.1 Å². The molecule has 8 heteroatoms. The Morgan fingerprint density at radius 3 is 2.08 bits per heavy atom. The summed E-state index contributed by atoms with van der Waals surface area (Å²) in [5.41, 5.74) is 2.67. The van der Waals surface area contributed by atoms with Crippen molar-refractivity contribution in [2.24, 2.45) is 0 Å². The van der Waals surface area contributed by atoms with Crippen LogP contribution in [0, 0.1) is 0 Å². The molecule has 1 aliphatic rings. The van der Waals surface area contributed by atoms with Crippen molar-refractivity contribution in [3.8, 4) is 0 Å². The first-order chi connectivity index (χ1) is 12.3. The number of hydrogen-bond donors (Lipinski definition) is 1. The van der Waals surface area contributed by atoms with Crippen LogP contribution in [0.2, 0.25) is 0 Å². The average molecular weight is 376 g/mol. The third-order valence-electron chi connectivity index (χ3n) is 4.47. The Hall–Kier alpha value is -2.71. The molecule has 136 valence electrons. The van der Waals surface area contributed by atoms with Gasteiger partial charge >= 0.3 is 11.9 Å². The van der Waals surface area contributed by atoms with Crippen LogP contribution in [0.3, 0.4) is 0 Å². The molecule has 0 atom stereocenters. The van der Waals surface area contributed by atoms with Crippen LogP contribution in [0.5, 0.6) is 0 Å². The Balaban J connectivity index is 2.27. The minimum Gasteiger partial charge on any atom is -0.465 e. The van der Waals surface area contributed by atoms with E-state index in [-0.39, 0.29) is 28.9 Å². The summed E-state index contributed by atoms with van der Waals surface area (Å²) in [4.78, 5) is 23.8. The highest BCUT2D eigenvalue weighted by molar-refractivity contribution is 7.85. The Bertz CT molecular complexity index is 1020. The molecule has 2 aromatic rings. The van der Waals surface area contributed by atoms with Crippen molar-refractivity contribution in [3.05, 3.63) is 63.7 Å². The second-order valence-corrected chi connectivity index (χ2v) is 7.21. The summed E-state index contributed by atoms with van der Waals surface area (Å²) >= 11 is 0. The number of rotatable bonds is 3. The SMILES string of the molecule is COC(=O)c1cccc2c1Cc1c(S(=O)(=O)O)ccc(C(=O)OC)c1C2. The van der Waals surface area contributed by atoms with Crippen molar-refractivity contribution in [1.29, 1.82) is 0 Å². The quantitative estimate of drug-likeness (QED) is 0.550. The largest absolute Gasteiger partial charge is 0.465 e. The molecule has 0 bridgehead atoms. The third kappa shape index (κ3) is 2.97. The molecule has 0 aromatic heterocycles. The lowest BCUT2D eigenvalue weighted by atomic mass is 9.81. The minimum atomic E-state index is -4.50. The average Bonchev–Trinajstić information content (AvgIpc) is 2.62. The molecule has 0 saturated carbocycles. The molecule has 26 heavy (non-hydrogen) atoms. The van der Waals surface area contributed by atoms with Crippen LogP contribution in [0.1, 0.15) is 43.0 Å². The molecule has 1 aliphatic carbocycles. The number of hydrogen-bond acceptors (Lipinski definition) is 6. The fourth-order valence-corrected chi connectivity index (χ4v) is 4.03. The summed E-state index contributed by atoms with van der Waals surface area (Å²) in [6, 6.07) is 7.58. The van der Waals surface area contributed by atoms with Crippen LogP contribution in [0.15, 0.2) is 35.2 Å². The van der Waals surface area contributed by atoms with Crippen LogP contribution >= 0.6 is 0 Å². The van der Waals surface area contributed by atoms with Gasteiger partial charge < -0.3 is 9.47 Å². The van der Waals surface area contributed by atoms with Gasteiger partial charge in [-0.3, -0.25) is 4.55 Å². The van der Waals surface area contributed by atoms with Crippen LogP contribution in [0.4, 0.5) is 0 Å². The van der Waals surface area contributed by atoms with Gasteiger partial charge in [-0.2, -0.15) is 8.42 Å². The highest BCUT2D eigenvalue weighted by Crippen LogP contribution is 2.35. The molecule has 0 radical (unpaired) electrons. The van der Waals surface area contributed by atoms with Crippen molar-refractivity contribution in [2.75, 3.05) is 14.2 Å². The van der Waals surface area contributed by atoms with E-state index in [2.05, 4.69) is 0 Å². The molecule has 0 spiro atoms. The molecule has 0 amide bonds. The van der Waals surface area contributed by atoms with Crippen molar-refractivity contribution in [3.63, 3.8) is 0 Å². The molecule has 2 aromatic carbocycles. The first-order valence-electron chi connectivity index (χ1n) is 7.67. The van der Waals surface area contributed by atoms with Gasteiger partial charge in [-0.1, -0.05) is 12.1 Å². The van der Waals surface area contributed by atoms with Gasteiger partial charge in [-0.25, -0.2) is 9.59 Å². The van der Waals surface area contributed by atoms with E-state index in [1.807, 2.05) is 0 Å². The van der Waals surface area contributed by atoms with E-state index >= 15 is 0 Å². The fraction of sp³-hybridized carbons (Fsp3) is 0.222. The summed E-state index contributed by atoms with van der Waals surface area (Å²) in [5, 5.41) is 0. The van der Waals surface area contributed by atoms with Gasteiger partial charge in [-0.15, -0.1) is 0 Å². The smallest absolute Gasteiger partial charge is 0.338 e. The normalized spacial score (nSPS) is 12.7. The Morgan fingerprint density at radius 1 is 0.885 bits per heavy atom. The van der Waals surface area contributed by atoms with Gasteiger partial charge in [-0.05, 0) is 46.9 Å². The molecular formula is C18H16O7S. The van der Waals surface area contributed by atoms with Gasteiger partial charge in [0.2, 0.25) is 0 Å². The van der Waals surface area contributed by atoms with E-state index in [1.54, 1.807) is 18.2 Å². The van der Waals surface area contributed by atoms with Crippen LogP contribution < -0.4 is 0 Å². The molecule has 0 heterocycles. The van der Waals surface area contributed by atoms with Gasteiger partial charge in [0.05, 0.1) is 30.2 Å². The summed E-state index contributed by atoms with van der Waals surface area (Å²) in [7, 11) is -2.01. The minimum absolute atomic E-state index is 0.0654. The topological polar surface area (TPSA) is 107 Å². The maximum Gasteiger partial charge on any atom is 0.338 e. The molecule has 0 unspecified atom stereocenters. The zero-order valence-corrected chi connectivity index (χ0v) is 14.9. The number of carbonyl (C=O) groups excluding carboxylic acids is 2. The van der Waals surface area contributed by atoms with E-state index < -0.39 is 22.1 Å². The van der Waals surface area contributed by atoms with Crippen molar-refractivity contribution < 1.29 is 32.0 Å². The van der Waals surface area contributed by atoms with Crippen LogP contribution in [0.25, 0.3) is 0 Å². The molecule has 0 saturated heterocycles. The number of methoxy groups -OCH3 is 2. The molecule has 1 N–H and O–H groups in total. The third-order valence-corrected chi connectivity index (χ3v) is 5.41. The van der Waals surface area contributed by atoms with Gasteiger partial charge in [0.25, 0.3) is 10.1 Å². The first kappa shape index (κ1) is 18.1. The zero-order valence-electron chi connectivity index (χ0n) is 14.1. The standard InChI is InChI=1S/C18H16O7S/c1-24-17(19)11-5-3-4-10-8-14-12(18(20)25-2)6-7-16(26(21,22)23)15(14)9-13(10)11/h3-7H,8-9H2,1-2H3,(H,21,22,23). The molecule has 7 nitrogen and oxygen atoms in total. The highest BCUT2D eigenvalue weighted by Gasteiger charge is 2.30. The molecule has 0 fully saturated rings. The van der Waals surface area contributed by atoms with E-state index in [4.69, 9.17) is 9.47 Å². The lowest BCUT2D eigenvalue weighted by molar-refractivity contribution is 0.0589. The summed E-state index contributed by atoms with van der Waals surface area (Å²) in [5.74, 6) is -1.14. The maximum absolute atomic E-state index is 12.1. The lowest BCUT2D eigenvalue weighted by Crippen LogP contribution is -2.20. The number of esters is 2. The van der Waals surface area contributed by atoms with Crippen molar-refractivity contribution in [1.82, 2.24) is 0 Å². The summed E-state index contributed by atoms with van der Waals surface area (Å²) in [6.45, 7) is 0. The van der Waals surface area contributed by atoms with E-state index in [9.17, 15) is 22.6 Å². The number of ether oxygens (including phenoxy) is 2. The van der Waals surface area contributed by atoms with Gasteiger partial charge in [0, 0.05) is 6.42 Å². The van der Waals surface area contributed by atoms with Crippen LogP contribution in [-0.2, 0) is 32.4 Å². The van der Waals surface area contributed by atoms with Crippen molar-refractivity contribution in [2.45, 2.75) is 17.7 Å². The van der Waals surface area contributed by atoms with E-state index in [0.717, 1.165) is 5.56 Å². The molecular weight excluding hydrogens is 360 g/mol. The van der Waals surface area contributed by atoms with E-state index in [1.165, 1.54) is 26.4 Å².